The highest BCUT2D eigenvalue weighted by atomic mass is 32.1. The fraction of sp³-hybridized carbons (Fsp3) is 0.654. The fourth-order valence-corrected chi connectivity index (χ4v) is 9.51. The highest BCUT2D eigenvalue weighted by Crippen LogP contribution is 2.34. The van der Waals surface area contributed by atoms with Crippen LogP contribution in [-0.4, -0.2) is 90.5 Å². The van der Waals surface area contributed by atoms with Crippen molar-refractivity contribution in [3.8, 4) is 0 Å². The smallest absolute Gasteiger partial charge is 0.309 e. The van der Waals surface area contributed by atoms with E-state index in [4.69, 9.17) is 9.47 Å². The second-order valence-electron chi connectivity index (χ2n) is 19.7. The number of rotatable bonds is 4. The van der Waals surface area contributed by atoms with Gasteiger partial charge in [0.2, 0.25) is 0 Å². The van der Waals surface area contributed by atoms with Crippen LogP contribution in [0.1, 0.15) is 155 Å². The minimum atomic E-state index is -1.38. The van der Waals surface area contributed by atoms with Gasteiger partial charge < -0.3 is 29.9 Å². The standard InChI is InChI=1S/C52H78N2O10S2/c1-31-21-17-15-13-14-16-18-22-32(2)48(60)36(6)50(62)52(11,12)44(56)28-46(58)64-42(34(4)26-40-30-66-38(8)54-40)24-20-19-23-41(33(3)25-39-29-65-37(7)53-39)63-45(57)27-43(55)51(9,10)49(61)35(5)47(31)59/h13-14,19-20,25-26,29-32,35-36,41-44,47-48,55-56,59-60H,15-18,21-24,27-28H2,1-12H3/b14-13+,20-19+,33-25+,34-26+/t31-,32-,35+,36+,41-,42-,43-,44-,47-,48-/m0/s1. The predicted molar refractivity (Wildman–Crippen MR) is 263 cm³/mol. The van der Waals surface area contributed by atoms with E-state index in [1.54, 1.807) is 41.5 Å². The number of aryl methyl sites for hydroxylation is 2. The Balaban J connectivity index is 1.96. The number of aromatic nitrogens is 2. The second kappa shape index (κ2) is 26.2. The van der Waals surface area contributed by atoms with Crippen molar-refractivity contribution in [1.82, 2.24) is 9.97 Å². The van der Waals surface area contributed by atoms with Crippen molar-refractivity contribution >= 4 is 58.3 Å². The summed E-state index contributed by atoms with van der Waals surface area (Å²) in [6, 6.07) is 0. The molecule has 1 aliphatic heterocycles. The molecule has 0 radical (unpaired) electrons. The molecule has 2 aromatic heterocycles. The highest BCUT2D eigenvalue weighted by molar-refractivity contribution is 7.09. The largest absolute Gasteiger partial charge is 0.457 e. The Hall–Kier alpha value is -3.66. The van der Waals surface area contributed by atoms with Gasteiger partial charge in [0, 0.05) is 35.4 Å². The maximum atomic E-state index is 13.8. The number of carbonyl (C=O) groups excluding carboxylic acids is 4. The van der Waals surface area contributed by atoms with Crippen LogP contribution in [-0.2, 0) is 28.7 Å². The van der Waals surface area contributed by atoms with Crippen molar-refractivity contribution in [1.29, 1.82) is 0 Å². The van der Waals surface area contributed by atoms with Crippen LogP contribution in [0, 0.1) is 48.3 Å². The number of allylic oxidation sites excluding steroid dienone is 2. The van der Waals surface area contributed by atoms with Crippen molar-refractivity contribution < 1.29 is 49.1 Å². The van der Waals surface area contributed by atoms with E-state index in [0.29, 0.717) is 35.4 Å². The van der Waals surface area contributed by atoms with Crippen LogP contribution in [0.3, 0.4) is 0 Å². The Bertz CT molecular complexity index is 1890. The van der Waals surface area contributed by atoms with E-state index in [1.807, 2.05) is 76.6 Å². The van der Waals surface area contributed by atoms with Crippen LogP contribution < -0.4 is 0 Å². The first-order valence-electron chi connectivity index (χ1n) is 23.6. The van der Waals surface area contributed by atoms with E-state index in [9.17, 15) is 39.6 Å². The van der Waals surface area contributed by atoms with Gasteiger partial charge in [-0.3, -0.25) is 19.2 Å². The van der Waals surface area contributed by atoms with Crippen LogP contribution in [0.2, 0.25) is 0 Å². The molecule has 3 rings (SSSR count). The molecule has 1 aliphatic rings. The molecule has 0 saturated heterocycles. The number of nitrogens with zero attached hydrogens (tertiary/aromatic N) is 2. The molecule has 12 nitrogen and oxygen atoms in total. The van der Waals surface area contributed by atoms with E-state index in [0.717, 1.165) is 35.7 Å². The lowest BCUT2D eigenvalue weighted by molar-refractivity contribution is -0.156. The summed E-state index contributed by atoms with van der Waals surface area (Å²) in [4.78, 5) is 63.9. The summed E-state index contributed by atoms with van der Waals surface area (Å²) in [6.07, 6.45) is 9.40. The molecule has 2 aromatic rings. The molecule has 3 heterocycles. The van der Waals surface area contributed by atoms with Gasteiger partial charge >= 0.3 is 11.9 Å². The number of esters is 2. The van der Waals surface area contributed by atoms with Gasteiger partial charge in [-0.05, 0) is 101 Å². The summed E-state index contributed by atoms with van der Waals surface area (Å²) in [6.45, 7) is 21.0. The van der Waals surface area contributed by atoms with Crippen molar-refractivity contribution in [3.05, 3.63) is 67.6 Å². The molecule has 0 unspecified atom stereocenters. The molecule has 66 heavy (non-hydrogen) atoms. The summed E-state index contributed by atoms with van der Waals surface area (Å²) in [5.41, 5.74) is 0.0821. The van der Waals surface area contributed by atoms with E-state index >= 15 is 0 Å². The third kappa shape index (κ3) is 16.8. The fourth-order valence-electron chi connectivity index (χ4n) is 8.37. The average molecular weight is 955 g/mol. The molecule has 0 fully saturated rings. The van der Waals surface area contributed by atoms with Gasteiger partial charge in [-0.15, -0.1) is 22.7 Å². The molecule has 4 N–H and O–H groups in total. The first-order chi connectivity index (χ1) is 30.9. The van der Waals surface area contributed by atoms with Gasteiger partial charge in [0.1, 0.15) is 23.8 Å². The maximum Gasteiger partial charge on any atom is 0.309 e. The van der Waals surface area contributed by atoms with Gasteiger partial charge in [0.25, 0.3) is 0 Å². The van der Waals surface area contributed by atoms with Gasteiger partial charge in [-0.25, -0.2) is 9.97 Å². The highest BCUT2D eigenvalue weighted by Gasteiger charge is 2.44. The molecule has 368 valence electrons. The van der Waals surface area contributed by atoms with Crippen molar-refractivity contribution in [2.45, 2.75) is 184 Å². The van der Waals surface area contributed by atoms with E-state index < -0.39 is 84.1 Å². The summed E-state index contributed by atoms with van der Waals surface area (Å²) in [7, 11) is 0. The number of ketones is 2. The summed E-state index contributed by atoms with van der Waals surface area (Å²) in [5.74, 6) is -4.03. The number of ether oxygens (including phenoxy) is 2. The monoisotopic (exact) mass is 955 g/mol. The quantitative estimate of drug-likeness (QED) is 0.168. The Morgan fingerprint density at radius 1 is 0.621 bits per heavy atom. The first-order valence-corrected chi connectivity index (χ1v) is 25.3. The predicted octanol–water partition coefficient (Wildman–Crippen LogP) is 9.75. The topological polar surface area (TPSA) is 193 Å². The maximum absolute atomic E-state index is 13.8. The van der Waals surface area contributed by atoms with Crippen molar-refractivity contribution in [2.75, 3.05) is 0 Å². The molecule has 0 bridgehead atoms. The molecule has 0 amide bonds. The van der Waals surface area contributed by atoms with E-state index in [2.05, 4.69) is 22.1 Å². The molecular weight excluding hydrogens is 877 g/mol. The zero-order valence-electron chi connectivity index (χ0n) is 41.4. The molecular formula is C52H78N2O10S2. The average Bonchev–Trinajstić information content (AvgIpc) is 3.88. The van der Waals surface area contributed by atoms with Crippen LogP contribution in [0.25, 0.3) is 12.2 Å². The summed E-state index contributed by atoms with van der Waals surface area (Å²) in [5, 5.41) is 50.8. The Labute approximate surface area is 401 Å². The number of aliphatic hydroxyl groups is 4. The number of carbonyl (C=O) groups is 4. The molecule has 0 aliphatic carbocycles. The van der Waals surface area contributed by atoms with Gasteiger partial charge in [0.05, 0.1) is 69.5 Å². The van der Waals surface area contributed by atoms with Gasteiger partial charge in [-0.2, -0.15) is 0 Å². The zero-order valence-corrected chi connectivity index (χ0v) is 43.0. The Morgan fingerprint density at radius 3 is 1.29 bits per heavy atom. The number of thiazole rings is 2. The Morgan fingerprint density at radius 2 is 0.970 bits per heavy atom. The van der Waals surface area contributed by atoms with Crippen LogP contribution in [0.4, 0.5) is 0 Å². The first kappa shape index (κ1) is 56.7. The van der Waals surface area contributed by atoms with Crippen LogP contribution >= 0.6 is 22.7 Å². The minimum absolute atomic E-state index is 0.183. The molecule has 0 saturated carbocycles. The second-order valence-corrected chi connectivity index (χ2v) is 21.8. The van der Waals surface area contributed by atoms with E-state index in [1.165, 1.54) is 22.7 Å². The number of hydrogen-bond acceptors (Lipinski definition) is 14. The minimum Gasteiger partial charge on any atom is -0.457 e. The van der Waals surface area contributed by atoms with Gasteiger partial charge in [0.15, 0.2) is 0 Å². The summed E-state index contributed by atoms with van der Waals surface area (Å²) >= 11 is 2.97. The Kier molecular flexibility index (Phi) is 22.5. The van der Waals surface area contributed by atoms with Crippen LogP contribution in [0.5, 0.6) is 0 Å². The molecule has 0 spiro atoms. The number of Topliss-reactive ketones (excluding diaryl/α,β-unsaturated/α-hetero) is 2. The molecule has 14 heteroatoms. The SMILES string of the molecule is C/C(=C\c1csc(C)n1)[C@@H]1C/C=C/C[C@@H](/C(C)=C/c2csc(C)n2)OC(=O)C[C@H](O)C(C)(C)C(=O)[C@H](C)[C@@H](O)[C@@H](C)CCC/C=C/CCC[C@H](C)[C@H](O)[C@@H](C)C(=O)C(C)(C)[C@@H](O)CC(=O)O1. The molecule has 10 atom stereocenters. The van der Waals surface area contributed by atoms with Gasteiger partial charge in [-0.1, -0.05) is 79.7 Å². The third-order valence-electron chi connectivity index (χ3n) is 13.4. The third-order valence-corrected chi connectivity index (χ3v) is 14.9. The summed E-state index contributed by atoms with van der Waals surface area (Å²) < 4.78 is 12.0. The lowest BCUT2D eigenvalue weighted by atomic mass is 9.73. The molecule has 0 aromatic carbocycles. The normalized spacial score (nSPS) is 31.8. The zero-order chi connectivity index (χ0) is 49.5. The number of hydrogen-bond donors (Lipinski definition) is 4. The lowest BCUT2D eigenvalue weighted by Gasteiger charge is -2.34. The van der Waals surface area contributed by atoms with Crippen molar-refractivity contribution in [2.24, 2.45) is 34.5 Å². The lowest BCUT2D eigenvalue weighted by Crippen LogP contribution is -2.45. The van der Waals surface area contributed by atoms with Crippen molar-refractivity contribution in [3.63, 3.8) is 0 Å². The van der Waals surface area contributed by atoms with E-state index in [-0.39, 0.29) is 36.2 Å². The number of aliphatic hydroxyl groups excluding tert-OH is 4. The number of cyclic esters (lactones) is 2. The van der Waals surface area contributed by atoms with Crippen LogP contribution in [0.15, 0.2) is 46.2 Å².